The molecule has 1 atom stereocenters. The van der Waals surface area contributed by atoms with Crippen LogP contribution in [0, 0.1) is 6.92 Å². The Balaban J connectivity index is 1.57. The van der Waals surface area contributed by atoms with Crippen molar-refractivity contribution in [3.05, 3.63) is 59.7 Å². The number of rotatable bonds is 7. The first-order chi connectivity index (χ1) is 14.8. The molecule has 0 amide bonds. The first kappa shape index (κ1) is 23.1. The summed E-state index contributed by atoms with van der Waals surface area (Å²) in [5.41, 5.74) is 3.63. The van der Waals surface area contributed by atoms with E-state index in [1.807, 2.05) is 12.1 Å². The van der Waals surface area contributed by atoms with E-state index < -0.39 is 9.84 Å². The van der Waals surface area contributed by atoms with E-state index in [1.165, 1.54) is 17.5 Å². The molecule has 0 spiro atoms. The second-order valence-corrected chi connectivity index (χ2v) is 10.2. The van der Waals surface area contributed by atoms with Crippen LogP contribution >= 0.6 is 0 Å². The second-order valence-electron chi connectivity index (χ2n) is 8.19. The van der Waals surface area contributed by atoms with Crippen LogP contribution in [0.15, 0.2) is 58.4 Å². The van der Waals surface area contributed by atoms with Crippen LogP contribution in [0.3, 0.4) is 0 Å². The molecule has 1 aliphatic heterocycles. The summed E-state index contributed by atoms with van der Waals surface area (Å²) in [6.07, 6.45) is 4.27. The molecule has 7 heteroatoms. The molecule has 1 unspecified atom stereocenters. The smallest absolute Gasteiger partial charge is 0.191 e. The second kappa shape index (κ2) is 10.7. The van der Waals surface area contributed by atoms with Gasteiger partial charge in [0.05, 0.1) is 4.90 Å². The number of guanidine groups is 1. The van der Waals surface area contributed by atoms with Crippen LogP contribution in [0.2, 0.25) is 0 Å². The fourth-order valence-electron chi connectivity index (χ4n) is 3.80. The van der Waals surface area contributed by atoms with Crippen LogP contribution in [-0.2, 0) is 16.3 Å². The number of aliphatic imine (C=N–C) groups is 1. The minimum Gasteiger partial charge on any atom is -0.369 e. The van der Waals surface area contributed by atoms with Crippen molar-refractivity contribution < 1.29 is 8.42 Å². The SMILES string of the molecule is CCNC(=NCCc1ccc(S(C)(=O)=O)cc1)NC1CCCN(c2ccc(C)cc2)C1. The Morgan fingerprint density at radius 3 is 2.48 bits per heavy atom. The highest BCUT2D eigenvalue weighted by Gasteiger charge is 2.21. The molecule has 6 nitrogen and oxygen atoms in total. The summed E-state index contributed by atoms with van der Waals surface area (Å²) in [6, 6.07) is 16.2. The van der Waals surface area contributed by atoms with Crippen molar-refractivity contribution in [2.45, 2.75) is 44.0 Å². The van der Waals surface area contributed by atoms with Crippen molar-refractivity contribution in [2.75, 3.05) is 37.3 Å². The Kier molecular flexibility index (Phi) is 7.96. The predicted octanol–water partition coefficient (Wildman–Crippen LogP) is 3.17. The quantitative estimate of drug-likeness (QED) is 0.509. The molecule has 0 saturated carbocycles. The normalized spacial score (nSPS) is 17.5. The molecule has 1 saturated heterocycles. The van der Waals surface area contributed by atoms with Gasteiger partial charge in [-0.3, -0.25) is 4.99 Å². The summed E-state index contributed by atoms with van der Waals surface area (Å²) in [5, 5.41) is 6.95. The topological polar surface area (TPSA) is 73.8 Å². The molecule has 1 aliphatic rings. The van der Waals surface area contributed by atoms with Crippen molar-refractivity contribution in [3.8, 4) is 0 Å². The van der Waals surface area contributed by atoms with Gasteiger partial charge < -0.3 is 15.5 Å². The Bertz CT molecular complexity index is 970. The molecule has 1 heterocycles. The van der Waals surface area contributed by atoms with Gasteiger partial charge >= 0.3 is 0 Å². The summed E-state index contributed by atoms with van der Waals surface area (Å²) < 4.78 is 23.2. The maximum Gasteiger partial charge on any atom is 0.191 e. The average molecular weight is 443 g/mol. The lowest BCUT2D eigenvalue weighted by molar-refractivity contribution is 0.468. The molecule has 0 bridgehead atoms. The van der Waals surface area contributed by atoms with E-state index in [1.54, 1.807) is 12.1 Å². The van der Waals surface area contributed by atoms with Gasteiger partial charge in [-0.05, 0) is 62.9 Å². The van der Waals surface area contributed by atoms with Crippen LogP contribution in [0.4, 0.5) is 5.69 Å². The van der Waals surface area contributed by atoms with Crippen LogP contribution < -0.4 is 15.5 Å². The highest BCUT2D eigenvalue weighted by Crippen LogP contribution is 2.20. The van der Waals surface area contributed by atoms with Gasteiger partial charge in [-0.25, -0.2) is 8.42 Å². The number of aryl methyl sites for hydroxylation is 1. The van der Waals surface area contributed by atoms with Crippen molar-refractivity contribution >= 4 is 21.5 Å². The Morgan fingerprint density at radius 1 is 1.13 bits per heavy atom. The van der Waals surface area contributed by atoms with Gasteiger partial charge in [-0.1, -0.05) is 29.8 Å². The lowest BCUT2D eigenvalue weighted by atomic mass is 10.0. The fraction of sp³-hybridized carbons (Fsp3) is 0.458. The number of hydrogen-bond acceptors (Lipinski definition) is 4. The third kappa shape index (κ3) is 6.99. The Hall–Kier alpha value is -2.54. The Morgan fingerprint density at radius 2 is 1.84 bits per heavy atom. The first-order valence-electron chi connectivity index (χ1n) is 11.0. The van der Waals surface area contributed by atoms with Crippen molar-refractivity contribution in [1.82, 2.24) is 10.6 Å². The molecule has 0 radical (unpaired) electrons. The summed E-state index contributed by atoms with van der Waals surface area (Å²) in [6.45, 7) is 7.67. The molecule has 3 rings (SSSR count). The zero-order chi connectivity index (χ0) is 22.3. The van der Waals surface area contributed by atoms with Crippen LogP contribution in [0.1, 0.15) is 30.9 Å². The number of anilines is 1. The zero-order valence-corrected chi connectivity index (χ0v) is 19.6. The van der Waals surface area contributed by atoms with E-state index in [0.29, 0.717) is 17.5 Å². The minimum absolute atomic E-state index is 0.349. The number of hydrogen-bond donors (Lipinski definition) is 2. The monoisotopic (exact) mass is 442 g/mol. The van der Waals surface area contributed by atoms with E-state index >= 15 is 0 Å². The van der Waals surface area contributed by atoms with E-state index in [0.717, 1.165) is 50.4 Å². The molecule has 0 aliphatic carbocycles. The van der Waals surface area contributed by atoms with Gasteiger partial charge in [0, 0.05) is 44.2 Å². The first-order valence-corrected chi connectivity index (χ1v) is 12.9. The molecule has 2 aromatic rings. The highest BCUT2D eigenvalue weighted by molar-refractivity contribution is 7.90. The van der Waals surface area contributed by atoms with Gasteiger partial charge in [0.25, 0.3) is 0 Å². The molecular weight excluding hydrogens is 408 g/mol. The molecule has 2 N–H and O–H groups in total. The maximum absolute atomic E-state index is 11.6. The molecular formula is C24H34N4O2S. The van der Waals surface area contributed by atoms with E-state index in [2.05, 4.69) is 53.6 Å². The number of piperidine rings is 1. The molecule has 2 aromatic carbocycles. The van der Waals surface area contributed by atoms with Gasteiger partial charge in [0.1, 0.15) is 0 Å². The molecule has 0 aromatic heterocycles. The fourth-order valence-corrected chi connectivity index (χ4v) is 4.43. The van der Waals surface area contributed by atoms with E-state index in [9.17, 15) is 8.42 Å². The summed E-state index contributed by atoms with van der Waals surface area (Å²) in [4.78, 5) is 7.53. The largest absolute Gasteiger partial charge is 0.369 e. The van der Waals surface area contributed by atoms with Crippen molar-refractivity contribution in [2.24, 2.45) is 4.99 Å². The molecule has 31 heavy (non-hydrogen) atoms. The van der Waals surface area contributed by atoms with Gasteiger partial charge in [-0.15, -0.1) is 0 Å². The van der Waals surface area contributed by atoms with E-state index in [4.69, 9.17) is 4.99 Å². The van der Waals surface area contributed by atoms with E-state index in [-0.39, 0.29) is 0 Å². The Labute approximate surface area is 186 Å². The maximum atomic E-state index is 11.6. The number of nitrogens with one attached hydrogen (secondary N) is 2. The predicted molar refractivity (Wildman–Crippen MR) is 129 cm³/mol. The number of sulfone groups is 1. The van der Waals surface area contributed by atoms with Crippen LogP contribution in [-0.4, -0.2) is 52.9 Å². The molecule has 1 fully saturated rings. The zero-order valence-electron chi connectivity index (χ0n) is 18.8. The van der Waals surface area contributed by atoms with Gasteiger partial charge in [0.2, 0.25) is 0 Å². The standard InChI is InChI=1S/C24H34N4O2S/c1-4-25-24(26-16-15-20-9-13-23(14-10-20)31(3,29)30)27-21-6-5-17-28(18-21)22-11-7-19(2)8-12-22/h7-14,21H,4-6,15-18H2,1-3H3,(H2,25,26,27). The summed E-state index contributed by atoms with van der Waals surface area (Å²) in [5.74, 6) is 0.839. The number of benzene rings is 2. The minimum atomic E-state index is -3.16. The van der Waals surface area contributed by atoms with Crippen molar-refractivity contribution in [3.63, 3.8) is 0 Å². The third-order valence-corrected chi connectivity index (χ3v) is 6.66. The summed E-state index contributed by atoms with van der Waals surface area (Å²) >= 11 is 0. The molecule has 168 valence electrons. The third-order valence-electron chi connectivity index (χ3n) is 5.53. The number of nitrogens with zero attached hydrogens (tertiary/aromatic N) is 2. The lowest BCUT2D eigenvalue weighted by Crippen LogP contribution is -2.51. The van der Waals surface area contributed by atoms with Gasteiger partial charge in [0.15, 0.2) is 15.8 Å². The van der Waals surface area contributed by atoms with Crippen molar-refractivity contribution in [1.29, 1.82) is 0 Å². The van der Waals surface area contributed by atoms with Crippen LogP contribution in [0.5, 0.6) is 0 Å². The summed E-state index contributed by atoms with van der Waals surface area (Å²) in [7, 11) is -3.16. The average Bonchev–Trinajstić information content (AvgIpc) is 2.74. The lowest BCUT2D eigenvalue weighted by Gasteiger charge is -2.35. The van der Waals surface area contributed by atoms with Gasteiger partial charge in [-0.2, -0.15) is 0 Å². The van der Waals surface area contributed by atoms with Crippen LogP contribution in [0.25, 0.3) is 0 Å². The highest BCUT2D eigenvalue weighted by atomic mass is 32.2.